The molecular weight excluding hydrogens is 899 g/mol. The molecule has 1 amide bonds. The van der Waals surface area contributed by atoms with Crippen molar-refractivity contribution in [1.82, 2.24) is 4.98 Å². The van der Waals surface area contributed by atoms with Gasteiger partial charge in [0.25, 0.3) is 5.91 Å². The number of ether oxygens (including phenoxy) is 5. The summed E-state index contributed by atoms with van der Waals surface area (Å²) in [7, 11) is 3.74. The first kappa shape index (κ1) is 51.9. The maximum atomic E-state index is 14.9. The highest BCUT2D eigenvalue weighted by molar-refractivity contribution is 6.16. The molecule has 3 aliphatic rings. The summed E-state index contributed by atoms with van der Waals surface area (Å²) in [6, 6.07) is 2.84. The van der Waals surface area contributed by atoms with Gasteiger partial charge in [0.05, 0.1) is 61.4 Å². The lowest BCUT2D eigenvalue weighted by Crippen LogP contribution is -2.55. The number of quaternary nitrogens is 1. The van der Waals surface area contributed by atoms with E-state index in [-0.39, 0.29) is 102 Å². The Kier molecular flexibility index (Phi) is 14.3. The van der Waals surface area contributed by atoms with Crippen LogP contribution < -0.4 is 30.9 Å². The number of fused-ring (bicyclic) bond motifs is 2. The zero-order valence-corrected chi connectivity index (χ0v) is 42.9. The van der Waals surface area contributed by atoms with Crippen LogP contribution in [-0.4, -0.2) is 100 Å². The average Bonchev–Trinajstić information content (AvgIpc) is 3.83. The molecule has 11 atom stereocenters. The third kappa shape index (κ3) is 9.37. The molecule has 1 fully saturated rings. The van der Waals surface area contributed by atoms with E-state index in [4.69, 9.17) is 33.1 Å². The second-order valence-electron chi connectivity index (χ2n) is 21.3. The molecule has 3 aliphatic heterocycles. The van der Waals surface area contributed by atoms with Gasteiger partial charge in [-0.1, -0.05) is 52.8 Å². The Hall–Kier alpha value is -5.97. The molecule has 7 rings (SSSR count). The van der Waals surface area contributed by atoms with Gasteiger partial charge in [0.1, 0.15) is 34.6 Å². The van der Waals surface area contributed by atoms with Crippen LogP contribution in [0.25, 0.3) is 38.7 Å². The number of phenols is 1. The Labute approximate surface area is 408 Å². The number of aliphatic hydroxyl groups excluding tert-OH is 2. The third-order valence-corrected chi connectivity index (χ3v) is 15.8. The van der Waals surface area contributed by atoms with Crippen LogP contribution in [0.15, 0.2) is 62.3 Å². The van der Waals surface area contributed by atoms with Crippen molar-refractivity contribution in [2.75, 3.05) is 39.2 Å². The standard InChI is InChI=1S/C54H69N3O13/c1-26-16-15-17-27(2)52(64)56-44-47(62)40-39(43-50(44)69-38-23-35(22-36(59)42(38)55-43)66-25-34-18-20-57(13,24-34)53(9,10)11)41-49(32(7)46(40)61)70-54(12,51(41)63)67-21-19-37(65-14)31(6)48(68-33(8)58)30(5)28(3)29(4)45(26)60/h15-17,19,21-23,26,28-31,34,37,45,48,60H,18,20,24-25H2,1-14H3,(H2-,55,56,59,61,62,63,64)/p+1/b16-15+,21-19+,27-17-/t26-,28+,29-,30+,31+,34?,37-,45-,48-,54-,57?/m0/s1. The van der Waals surface area contributed by atoms with Gasteiger partial charge in [0.2, 0.25) is 10.9 Å². The number of benzene rings is 3. The molecule has 0 spiro atoms. The van der Waals surface area contributed by atoms with E-state index in [1.54, 1.807) is 31.2 Å². The number of likely N-dealkylation sites (tertiary alicyclic amines) is 1. The maximum absolute atomic E-state index is 14.9. The maximum Gasteiger partial charge on any atom is 0.307 e. The van der Waals surface area contributed by atoms with Gasteiger partial charge in [0.15, 0.2) is 22.4 Å². The van der Waals surface area contributed by atoms with Gasteiger partial charge < -0.3 is 53.2 Å². The first-order chi connectivity index (χ1) is 32.7. The number of anilines is 1. The number of hydrogen-bond acceptors (Lipinski definition) is 14. The molecule has 4 N–H and O–H groups in total. The van der Waals surface area contributed by atoms with Crippen molar-refractivity contribution in [2.45, 2.75) is 119 Å². The van der Waals surface area contributed by atoms with Gasteiger partial charge >= 0.3 is 11.8 Å². The van der Waals surface area contributed by atoms with Crippen molar-refractivity contribution in [2.24, 2.45) is 35.5 Å². The smallest absolute Gasteiger partial charge is 0.307 e. The van der Waals surface area contributed by atoms with Crippen molar-refractivity contribution < 1.29 is 57.5 Å². The predicted molar refractivity (Wildman–Crippen MR) is 267 cm³/mol. The number of allylic oxidation sites excluding steroid dienone is 2. The fraction of sp³-hybridized carbons (Fsp3) is 0.537. The normalized spacial score (nSPS) is 31.8. The number of methoxy groups -OCH3 is 1. The summed E-state index contributed by atoms with van der Waals surface area (Å²) in [5, 5.41) is 37.9. The summed E-state index contributed by atoms with van der Waals surface area (Å²) in [6.45, 7) is 24.4. The van der Waals surface area contributed by atoms with Gasteiger partial charge in [-0.25, -0.2) is 4.98 Å². The van der Waals surface area contributed by atoms with E-state index in [2.05, 4.69) is 33.1 Å². The highest BCUT2D eigenvalue weighted by atomic mass is 16.7. The Morgan fingerprint density at radius 3 is 2.33 bits per heavy atom. The Morgan fingerprint density at radius 1 is 0.986 bits per heavy atom. The number of aromatic hydroxyl groups is 1. The minimum atomic E-state index is -1.96. The van der Waals surface area contributed by atoms with Crippen molar-refractivity contribution in [3.8, 4) is 17.2 Å². The zero-order valence-electron chi connectivity index (χ0n) is 42.9. The quantitative estimate of drug-likeness (QED) is 0.0661. The summed E-state index contributed by atoms with van der Waals surface area (Å²) < 4.78 is 37.9. The van der Waals surface area contributed by atoms with Crippen LogP contribution in [0.2, 0.25) is 0 Å². The summed E-state index contributed by atoms with van der Waals surface area (Å²) >= 11 is 0. The number of carbonyl (C=O) groups is 2. The van der Waals surface area contributed by atoms with Crippen molar-refractivity contribution >= 4 is 56.3 Å². The molecule has 4 aromatic rings. The molecule has 3 aromatic carbocycles. The summed E-state index contributed by atoms with van der Waals surface area (Å²) in [5.41, 5.74) is -2.07. The highest BCUT2D eigenvalue weighted by Gasteiger charge is 2.45. The molecule has 0 aliphatic carbocycles. The molecule has 1 aromatic heterocycles. The van der Waals surface area contributed by atoms with E-state index >= 15 is 0 Å². The van der Waals surface area contributed by atoms with E-state index in [9.17, 15) is 34.5 Å². The number of aromatic nitrogens is 1. The molecule has 1 saturated heterocycles. The number of nitrogens with zero attached hydrogens (tertiary/aromatic N) is 2. The van der Waals surface area contributed by atoms with E-state index in [1.165, 1.54) is 46.3 Å². The second-order valence-corrected chi connectivity index (χ2v) is 21.3. The number of carbonyl (C=O) groups excluding carboxylic acids is 2. The van der Waals surface area contributed by atoms with E-state index in [0.29, 0.717) is 6.61 Å². The molecule has 0 radical (unpaired) electrons. The number of esters is 1. The topological polar surface area (TPSA) is 213 Å². The molecular formula is C54H70N3O13+. The first-order valence-corrected chi connectivity index (χ1v) is 24.2. The van der Waals surface area contributed by atoms with Crippen molar-refractivity contribution in [3.63, 3.8) is 0 Å². The largest absolute Gasteiger partial charge is 0.507 e. The molecule has 70 heavy (non-hydrogen) atoms. The summed E-state index contributed by atoms with van der Waals surface area (Å²) in [6.07, 6.45) is 6.62. The van der Waals surface area contributed by atoms with Crippen LogP contribution >= 0.6 is 0 Å². The number of phenolic OH excluding ortho intramolecular Hbond substituents is 1. The van der Waals surface area contributed by atoms with Gasteiger partial charge in [-0.2, -0.15) is 0 Å². The molecule has 378 valence electrons. The van der Waals surface area contributed by atoms with Crippen molar-refractivity contribution in [3.05, 3.63) is 79.5 Å². The summed E-state index contributed by atoms with van der Waals surface area (Å²) in [5.74, 6) is -5.23. The zero-order chi connectivity index (χ0) is 51.5. The van der Waals surface area contributed by atoms with Crippen LogP contribution in [0.5, 0.6) is 17.2 Å². The van der Waals surface area contributed by atoms with Crippen molar-refractivity contribution in [1.29, 1.82) is 0 Å². The number of amides is 1. The molecule has 4 heterocycles. The summed E-state index contributed by atoms with van der Waals surface area (Å²) in [4.78, 5) is 60.3. The van der Waals surface area contributed by atoms with Crippen LogP contribution in [0, 0.1) is 42.4 Å². The Bertz CT molecular complexity index is 3010. The number of rotatable bonds is 5. The third-order valence-electron chi connectivity index (χ3n) is 15.8. The van der Waals surface area contributed by atoms with Crippen LogP contribution in [0.1, 0.15) is 88.1 Å². The number of aliphatic hydroxyl groups is 2. The Morgan fingerprint density at radius 2 is 1.69 bits per heavy atom. The van der Waals surface area contributed by atoms with Gasteiger partial charge in [0, 0.05) is 73.8 Å². The number of hydrogen-bond donors (Lipinski definition) is 4. The monoisotopic (exact) mass is 968 g/mol. The lowest BCUT2D eigenvalue weighted by Gasteiger charge is -2.42. The molecule has 16 nitrogen and oxygen atoms in total. The van der Waals surface area contributed by atoms with E-state index in [0.717, 1.165) is 24.0 Å². The molecule has 2 unspecified atom stereocenters. The SMILES string of the molecule is CO[C@H]1/C=C/O[C@@]2(C)Oc3c(C)c(O)c4c(=O)c(c5oc6cc(OCC7CC[N+](C)(C(C)(C)C)C7)cc(=O)c6nc5c4c3=C2O)NC(=O)/C(C)=C\C=C\[C@H](C)[C@H](O)[C@@H](C)[C@@H](C)[C@@H](C)[C@H](OC(C)=O)[C@@H]1C. The minimum absolute atomic E-state index is 0.0339. The van der Waals surface area contributed by atoms with Crippen LogP contribution in [-0.2, 0) is 23.8 Å². The second kappa shape index (κ2) is 19.3. The highest BCUT2D eigenvalue weighted by Crippen LogP contribution is 2.43. The van der Waals surface area contributed by atoms with E-state index in [1.807, 2.05) is 34.6 Å². The Balaban J connectivity index is 1.43. The lowest BCUT2D eigenvalue weighted by atomic mass is 9.73. The van der Waals surface area contributed by atoms with Gasteiger partial charge in [-0.3, -0.25) is 19.2 Å². The first-order valence-electron chi connectivity index (χ1n) is 24.2. The number of nitrogens with one attached hydrogen (secondary N) is 1. The van der Waals surface area contributed by atoms with Crippen LogP contribution in [0.3, 0.4) is 0 Å². The molecule has 4 bridgehead atoms. The fourth-order valence-electron chi connectivity index (χ4n) is 10.3. The van der Waals surface area contributed by atoms with Gasteiger partial charge in [-0.05, 0) is 58.4 Å². The molecule has 16 heteroatoms. The average molecular weight is 969 g/mol. The van der Waals surface area contributed by atoms with Gasteiger partial charge in [-0.15, -0.1) is 0 Å². The predicted octanol–water partition coefficient (Wildman–Crippen LogP) is 7.48. The minimum Gasteiger partial charge on any atom is -0.507 e. The molecule has 0 saturated carbocycles. The van der Waals surface area contributed by atoms with E-state index < -0.39 is 64.3 Å². The van der Waals surface area contributed by atoms with Crippen LogP contribution in [0.4, 0.5) is 5.69 Å². The lowest BCUT2D eigenvalue weighted by molar-refractivity contribution is -0.943. The fourth-order valence-corrected chi connectivity index (χ4v) is 10.3.